The van der Waals surface area contributed by atoms with Gasteiger partial charge in [0.15, 0.2) is 0 Å². The molecule has 0 bridgehead atoms. The van der Waals surface area contributed by atoms with Gasteiger partial charge >= 0.3 is 0 Å². The van der Waals surface area contributed by atoms with Crippen LogP contribution in [0.4, 0.5) is 0 Å². The van der Waals surface area contributed by atoms with Gasteiger partial charge in [-0.2, -0.15) is 0 Å². The van der Waals surface area contributed by atoms with Gasteiger partial charge in [0, 0.05) is 12.5 Å². The first kappa shape index (κ1) is 8.62. The SMILES string of the molecule is C#C/C=C1\C(CC#C)=NCC1C. The van der Waals surface area contributed by atoms with Crippen molar-refractivity contribution in [1.82, 2.24) is 0 Å². The lowest BCUT2D eigenvalue weighted by Crippen LogP contribution is -2.02. The van der Waals surface area contributed by atoms with E-state index in [4.69, 9.17) is 12.8 Å². The van der Waals surface area contributed by atoms with Crippen LogP contribution >= 0.6 is 0 Å². The molecule has 1 unspecified atom stereocenters. The number of nitrogens with zero attached hydrogens (tertiary/aromatic N) is 1. The summed E-state index contributed by atoms with van der Waals surface area (Å²) in [6, 6.07) is 0. The molecule has 1 aliphatic heterocycles. The molecule has 0 amide bonds. The highest BCUT2D eigenvalue weighted by Crippen LogP contribution is 2.21. The van der Waals surface area contributed by atoms with Crippen molar-refractivity contribution < 1.29 is 0 Å². The van der Waals surface area contributed by atoms with Gasteiger partial charge in [0.05, 0.1) is 12.1 Å². The molecule has 0 fully saturated rings. The van der Waals surface area contributed by atoms with Crippen molar-refractivity contribution in [3.8, 4) is 24.7 Å². The van der Waals surface area contributed by atoms with Gasteiger partial charge < -0.3 is 0 Å². The summed E-state index contributed by atoms with van der Waals surface area (Å²) >= 11 is 0. The molecule has 1 aliphatic rings. The van der Waals surface area contributed by atoms with Gasteiger partial charge in [-0.25, -0.2) is 0 Å². The van der Waals surface area contributed by atoms with Crippen LogP contribution in [0.5, 0.6) is 0 Å². The first-order chi connectivity index (χ1) is 5.79. The molecule has 0 N–H and O–H groups in total. The number of allylic oxidation sites excluding steroid dienone is 1. The van der Waals surface area contributed by atoms with Gasteiger partial charge in [-0.15, -0.1) is 18.8 Å². The minimum absolute atomic E-state index is 0.435. The molecule has 0 aliphatic carbocycles. The van der Waals surface area contributed by atoms with Crippen LogP contribution in [0.15, 0.2) is 16.6 Å². The van der Waals surface area contributed by atoms with Gasteiger partial charge in [-0.05, 0) is 11.6 Å². The molecule has 0 spiro atoms. The normalized spacial score (nSPS) is 24.8. The summed E-state index contributed by atoms with van der Waals surface area (Å²) in [5.41, 5.74) is 2.12. The summed E-state index contributed by atoms with van der Waals surface area (Å²) < 4.78 is 0. The Hall–Kier alpha value is -1.47. The highest BCUT2D eigenvalue weighted by molar-refractivity contribution is 6.03. The van der Waals surface area contributed by atoms with Crippen molar-refractivity contribution in [2.45, 2.75) is 13.3 Å². The fourth-order valence-electron chi connectivity index (χ4n) is 1.29. The molecular weight excluding hydrogens is 146 g/mol. The number of terminal acetylenes is 2. The number of hydrogen-bond acceptors (Lipinski definition) is 1. The van der Waals surface area contributed by atoms with Crippen molar-refractivity contribution in [3.63, 3.8) is 0 Å². The summed E-state index contributed by atoms with van der Waals surface area (Å²) in [4.78, 5) is 4.32. The zero-order valence-electron chi connectivity index (χ0n) is 7.17. The maximum absolute atomic E-state index is 5.20. The van der Waals surface area contributed by atoms with E-state index in [0.717, 1.165) is 17.8 Å². The van der Waals surface area contributed by atoms with Crippen molar-refractivity contribution in [1.29, 1.82) is 0 Å². The quantitative estimate of drug-likeness (QED) is 0.513. The summed E-state index contributed by atoms with van der Waals surface area (Å²) in [7, 11) is 0. The molecule has 0 saturated heterocycles. The Bertz CT molecular complexity index is 307. The van der Waals surface area contributed by atoms with Crippen LogP contribution in [-0.4, -0.2) is 12.3 Å². The predicted molar refractivity (Wildman–Crippen MR) is 51.8 cm³/mol. The lowest BCUT2D eigenvalue weighted by atomic mass is 9.98. The van der Waals surface area contributed by atoms with E-state index >= 15 is 0 Å². The first-order valence-corrected chi connectivity index (χ1v) is 3.93. The summed E-state index contributed by atoms with van der Waals surface area (Å²) in [6.07, 6.45) is 12.8. The molecule has 1 heterocycles. The Balaban J connectivity index is 2.85. The van der Waals surface area contributed by atoms with E-state index in [-0.39, 0.29) is 0 Å². The van der Waals surface area contributed by atoms with Crippen LogP contribution < -0.4 is 0 Å². The van der Waals surface area contributed by atoms with Crippen LogP contribution in [0.2, 0.25) is 0 Å². The van der Waals surface area contributed by atoms with E-state index in [1.807, 2.05) is 0 Å². The highest BCUT2D eigenvalue weighted by atomic mass is 14.8. The average molecular weight is 157 g/mol. The van der Waals surface area contributed by atoms with Crippen LogP contribution in [0.25, 0.3) is 0 Å². The smallest absolute Gasteiger partial charge is 0.0509 e. The molecule has 12 heavy (non-hydrogen) atoms. The van der Waals surface area contributed by atoms with Gasteiger partial charge in [0.25, 0.3) is 0 Å². The molecule has 0 radical (unpaired) electrons. The van der Waals surface area contributed by atoms with Gasteiger partial charge in [-0.3, -0.25) is 4.99 Å². The van der Waals surface area contributed by atoms with Crippen molar-refractivity contribution in [2.24, 2.45) is 10.9 Å². The van der Waals surface area contributed by atoms with Crippen molar-refractivity contribution >= 4 is 5.71 Å². The summed E-state index contributed by atoms with van der Waals surface area (Å²) in [5.74, 6) is 5.53. The molecule has 1 atom stereocenters. The second kappa shape index (κ2) is 3.79. The van der Waals surface area contributed by atoms with E-state index in [0.29, 0.717) is 12.3 Å². The van der Waals surface area contributed by atoms with E-state index in [1.54, 1.807) is 6.08 Å². The predicted octanol–water partition coefficient (Wildman–Crippen LogP) is 1.66. The van der Waals surface area contributed by atoms with Crippen LogP contribution in [0.1, 0.15) is 13.3 Å². The second-order valence-corrected chi connectivity index (χ2v) is 2.84. The third-order valence-corrected chi connectivity index (χ3v) is 1.93. The Morgan fingerprint density at radius 3 is 3.00 bits per heavy atom. The van der Waals surface area contributed by atoms with E-state index < -0.39 is 0 Å². The molecular formula is C11H11N. The number of rotatable bonds is 1. The third kappa shape index (κ3) is 1.57. The van der Waals surface area contributed by atoms with E-state index in [9.17, 15) is 0 Å². The van der Waals surface area contributed by atoms with Gasteiger partial charge in [-0.1, -0.05) is 12.8 Å². The minimum atomic E-state index is 0.435. The maximum atomic E-state index is 5.20. The molecule has 1 heteroatoms. The van der Waals surface area contributed by atoms with Crippen molar-refractivity contribution in [3.05, 3.63) is 11.6 Å². The molecule has 0 saturated carbocycles. The Kier molecular flexibility index (Phi) is 2.72. The lowest BCUT2D eigenvalue weighted by molar-refractivity contribution is 0.754. The highest BCUT2D eigenvalue weighted by Gasteiger charge is 2.19. The topological polar surface area (TPSA) is 12.4 Å². The fraction of sp³-hybridized carbons (Fsp3) is 0.364. The molecule has 1 nitrogen and oxygen atoms in total. The Morgan fingerprint density at radius 2 is 2.42 bits per heavy atom. The van der Waals surface area contributed by atoms with E-state index in [1.165, 1.54) is 0 Å². The molecule has 60 valence electrons. The fourth-order valence-corrected chi connectivity index (χ4v) is 1.29. The van der Waals surface area contributed by atoms with Crippen LogP contribution in [0, 0.1) is 30.6 Å². The second-order valence-electron chi connectivity index (χ2n) is 2.84. The van der Waals surface area contributed by atoms with Crippen LogP contribution in [0.3, 0.4) is 0 Å². The summed E-state index contributed by atoms with van der Waals surface area (Å²) in [6.45, 7) is 2.93. The average Bonchev–Trinajstić information content (AvgIpc) is 2.37. The van der Waals surface area contributed by atoms with Crippen LogP contribution in [-0.2, 0) is 0 Å². The third-order valence-electron chi connectivity index (χ3n) is 1.93. The maximum Gasteiger partial charge on any atom is 0.0509 e. The largest absolute Gasteiger partial charge is 0.288 e. The molecule has 0 aromatic heterocycles. The van der Waals surface area contributed by atoms with E-state index in [2.05, 4.69) is 23.8 Å². The standard InChI is InChI=1S/C11H11N/c1-4-6-10-9(3)8-12-11(10)7-5-2/h1-2,6,9H,7-8H2,3H3/b10-6-. The zero-order valence-corrected chi connectivity index (χ0v) is 7.17. The number of aliphatic imine (C=N–C) groups is 1. The zero-order chi connectivity index (χ0) is 8.97. The van der Waals surface area contributed by atoms with Gasteiger partial charge in [0.1, 0.15) is 0 Å². The molecule has 0 aromatic carbocycles. The lowest BCUT2D eigenvalue weighted by Gasteiger charge is -2.03. The first-order valence-electron chi connectivity index (χ1n) is 3.93. The minimum Gasteiger partial charge on any atom is -0.288 e. The number of hydrogen-bond donors (Lipinski definition) is 0. The molecule has 1 rings (SSSR count). The Morgan fingerprint density at radius 1 is 1.67 bits per heavy atom. The van der Waals surface area contributed by atoms with Crippen molar-refractivity contribution in [2.75, 3.05) is 6.54 Å². The monoisotopic (exact) mass is 157 g/mol. The molecule has 0 aromatic rings. The summed E-state index contributed by atoms with van der Waals surface area (Å²) in [5, 5.41) is 0. The van der Waals surface area contributed by atoms with Gasteiger partial charge in [0.2, 0.25) is 0 Å². The Labute approximate surface area is 73.6 Å².